The number of aryl methyl sites for hydroxylation is 1. The third kappa shape index (κ3) is 3.04. The molecule has 134 valence electrons. The molecule has 2 aromatic carbocycles. The number of carboxylic acid groups (broad SMARTS) is 1. The second kappa shape index (κ2) is 6.81. The number of aromatic nitrogens is 2. The number of carboxylic acids is 1. The zero-order valence-electron chi connectivity index (χ0n) is 14.5. The monoisotopic (exact) mass is 376 g/mol. The molecule has 5 nitrogen and oxygen atoms in total. The lowest BCUT2D eigenvalue weighted by Crippen LogP contribution is -2.26. The fraction of sp³-hybridized carbons (Fsp3) is 0.0952. The van der Waals surface area contributed by atoms with Gasteiger partial charge < -0.3 is 5.11 Å². The van der Waals surface area contributed by atoms with E-state index in [2.05, 4.69) is 4.98 Å². The molecule has 0 fully saturated rings. The zero-order chi connectivity index (χ0) is 19.0. The van der Waals surface area contributed by atoms with Crippen LogP contribution in [0, 0.1) is 6.92 Å². The largest absolute Gasteiger partial charge is 0.480 e. The maximum absolute atomic E-state index is 13.3. The van der Waals surface area contributed by atoms with Gasteiger partial charge in [0.15, 0.2) is 0 Å². The fourth-order valence-corrected chi connectivity index (χ4v) is 4.27. The molecule has 0 aliphatic heterocycles. The van der Waals surface area contributed by atoms with E-state index in [-0.39, 0.29) is 5.56 Å². The SMILES string of the molecule is Cc1sc2nc(-c3ccccc3)n(CC(=O)O)c(=O)c2c1-c1ccccc1. The number of fused-ring (bicyclic) bond motifs is 1. The molecule has 2 heterocycles. The normalized spacial score (nSPS) is 11.0. The second-order valence-corrected chi connectivity index (χ2v) is 7.37. The van der Waals surface area contributed by atoms with Crippen LogP contribution in [0.4, 0.5) is 0 Å². The third-order valence-electron chi connectivity index (χ3n) is 4.38. The third-order valence-corrected chi connectivity index (χ3v) is 5.37. The molecule has 0 spiro atoms. The smallest absolute Gasteiger partial charge is 0.323 e. The van der Waals surface area contributed by atoms with Crippen molar-refractivity contribution in [3.05, 3.63) is 75.9 Å². The van der Waals surface area contributed by atoms with Crippen molar-refractivity contribution >= 4 is 27.5 Å². The van der Waals surface area contributed by atoms with Crippen LogP contribution in [0.15, 0.2) is 65.5 Å². The van der Waals surface area contributed by atoms with Gasteiger partial charge in [-0.3, -0.25) is 14.2 Å². The second-order valence-electron chi connectivity index (χ2n) is 6.17. The van der Waals surface area contributed by atoms with E-state index in [4.69, 9.17) is 0 Å². The number of rotatable bonds is 4. The highest BCUT2D eigenvalue weighted by molar-refractivity contribution is 7.19. The molecule has 0 bridgehead atoms. The van der Waals surface area contributed by atoms with Gasteiger partial charge in [0, 0.05) is 16.0 Å². The van der Waals surface area contributed by atoms with Crippen molar-refractivity contribution in [2.24, 2.45) is 0 Å². The van der Waals surface area contributed by atoms with Crippen molar-refractivity contribution in [1.82, 2.24) is 9.55 Å². The van der Waals surface area contributed by atoms with E-state index in [1.165, 1.54) is 15.9 Å². The predicted molar refractivity (Wildman–Crippen MR) is 107 cm³/mol. The molecule has 2 aromatic heterocycles. The van der Waals surface area contributed by atoms with Crippen molar-refractivity contribution < 1.29 is 9.90 Å². The van der Waals surface area contributed by atoms with E-state index in [0.29, 0.717) is 21.6 Å². The van der Waals surface area contributed by atoms with E-state index in [1.54, 1.807) is 0 Å². The summed E-state index contributed by atoms with van der Waals surface area (Å²) >= 11 is 1.45. The van der Waals surface area contributed by atoms with E-state index in [1.807, 2.05) is 67.6 Å². The lowest BCUT2D eigenvalue weighted by atomic mass is 10.0. The van der Waals surface area contributed by atoms with Crippen LogP contribution in [0.1, 0.15) is 4.88 Å². The van der Waals surface area contributed by atoms with Crippen molar-refractivity contribution in [1.29, 1.82) is 0 Å². The Bertz CT molecular complexity index is 1200. The Hall–Kier alpha value is -3.25. The summed E-state index contributed by atoms with van der Waals surface area (Å²) in [4.78, 5) is 31.0. The summed E-state index contributed by atoms with van der Waals surface area (Å²) in [6.45, 7) is 1.52. The summed E-state index contributed by atoms with van der Waals surface area (Å²) in [6, 6.07) is 18.8. The molecule has 0 aliphatic rings. The van der Waals surface area contributed by atoms with Crippen LogP contribution < -0.4 is 5.56 Å². The van der Waals surface area contributed by atoms with Gasteiger partial charge >= 0.3 is 5.97 Å². The van der Waals surface area contributed by atoms with Gasteiger partial charge in [-0.1, -0.05) is 60.7 Å². The number of nitrogens with zero attached hydrogens (tertiary/aromatic N) is 2. The Morgan fingerprint density at radius 1 is 1.04 bits per heavy atom. The maximum atomic E-state index is 13.3. The Labute approximate surface area is 159 Å². The first-order valence-electron chi connectivity index (χ1n) is 8.43. The van der Waals surface area contributed by atoms with Gasteiger partial charge in [0.25, 0.3) is 5.56 Å². The van der Waals surface area contributed by atoms with Gasteiger partial charge in [-0.25, -0.2) is 4.98 Å². The first kappa shape index (κ1) is 17.2. The first-order chi connectivity index (χ1) is 13.1. The van der Waals surface area contributed by atoms with Crippen LogP contribution in [0.5, 0.6) is 0 Å². The van der Waals surface area contributed by atoms with Gasteiger partial charge in [-0.05, 0) is 12.5 Å². The number of hydrogen-bond donors (Lipinski definition) is 1. The molecule has 0 amide bonds. The number of hydrogen-bond acceptors (Lipinski definition) is 4. The summed E-state index contributed by atoms with van der Waals surface area (Å²) in [7, 11) is 0. The quantitative estimate of drug-likeness (QED) is 0.580. The minimum Gasteiger partial charge on any atom is -0.480 e. The van der Waals surface area contributed by atoms with Crippen molar-refractivity contribution in [3.8, 4) is 22.5 Å². The molecule has 0 aliphatic carbocycles. The number of aliphatic carboxylic acids is 1. The van der Waals surface area contributed by atoms with Crippen LogP contribution in [0.25, 0.3) is 32.7 Å². The average Bonchev–Trinajstić information content (AvgIpc) is 3.01. The van der Waals surface area contributed by atoms with Crippen LogP contribution in [-0.4, -0.2) is 20.6 Å². The van der Waals surface area contributed by atoms with Crippen molar-refractivity contribution in [3.63, 3.8) is 0 Å². The van der Waals surface area contributed by atoms with Gasteiger partial charge in [0.2, 0.25) is 0 Å². The number of benzene rings is 2. The standard InChI is InChI=1S/C21H16N2O3S/c1-13-17(14-8-4-2-5-9-14)18-20(27-13)22-19(15-10-6-3-7-11-15)23(21(18)26)12-16(24)25/h2-11H,12H2,1H3,(H,24,25). The Morgan fingerprint density at radius 3 is 2.22 bits per heavy atom. The maximum Gasteiger partial charge on any atom is 0.323 e. The highest BCUT2D eigenvalue weighted by Crippen LogP contribution is 2.36. The molecule has 1 N–H and O–H groups in total. The summed E-state index contributed by atoms with van der Waals surface area (Å²) in [5, 5.41) is 9.82. The van der Waals surface area contributed by atoms with Crippen LogP contribution in [0.2, 0.25) is 0 Å². The molecule has 27 heavy (non-hydrogen) atoms. The van der Waals surface area contributed by atoms with Gasteiger partial charge in [0.05, 0.1) is 5.39 Å². The van der Waals surface area contributed by atoms with Gasteiger partial charge in [-0.15, -0.1) is 11.3 Å². The van der Waals surface area contributed by atoms with Crippen LogP contribution in [0.3, 0.4) is 0 Å². The summed E-state index contributed by atoms with van der Waals surface area (Å²) in [5.41, 5.74) is 2.14. The summed E-state index contributed by atoms with van der Waals surface area (Å²) < 4.78 is 1.25. The highest BCUT2D eigenvalue weighted by atomic mass is 32.1. The summed E-state index contributed by atoms with van der Waals surface area (Å²) in [5.74, 6) is -0.708. The summed E-state index contributed by atoms with van der Waals surface area (Å²) in [6.07, 6.45) is 0. The first-order valence-corrected chi connectivity index (χ1v) is 9.24. The lowest BCUT2D eigenvalue weighted by molar-refractivity contribution is -0.137. The molecule has 4 aromatic rings. The molecule has 0 saturated carbocycles. The van der Waals surface area contributed by atoms with E-state index in [0.717, 1.165) is 16.0 Å². The molecular weight excluding hydrogens is 360 g/mol. The topological polar surface area (TPSA) is 72.2 Å². The highest BCUT2D eigenvalue weighted by Gasteiger charge is 2.21. The molecule has 6 heteroatoms. The molecule has 0 unspecified atom stereocenters. The molecule has 0 saturated heterocycles. The average molecular weight is 376 g/mol. The molecular formula is C21H16N2O3S. The molecule has 0 atom stereocenters. The number of thiophene rings is 1. The van der Waals surface area contributed by atoms with Crippen molar-refractivity contribution in [2.45, 2.75) is 13.5 Å². The van der Waals surface area contributed by atoms with Crippen LogP contribution >= 0.6 is 11.3 Å². The van der Waals surface area contributed by atoms with E-state index < -0.39 is 12.5 Å². The minimum absolute atomic E-state index is 0.329. The molecule has 0 radical (unpaired) electrons. The Kier molecular flexibility index (Phi) is 4.33. The van der Waals surface area contributed by atoms with Gasteiger partial charge in [0.1, 0.15) is 17.2 Å². The minimum atomic E-state index is -1.08. The van der Waals surface area contributed by atoms with Gasteiger partial charge in [-0.2, -0.15) is 0 Å². The van der Waals surface area contributed by atoms with E-state index in [9.17, 15) is 14.7 Å². The molecule has 4 rings (SSSR count). The lowest BCUT2D eigenvalue weighted by Gasteiger charge is -2.11. The zero-order valence-corrected chi connectivity index (χ0v) is 15.4. The predicted octanol–water partition coefficient (Wildman–Crippen LogP) is 4.19. The fourth-order valence-electron chi connectivity index (χ4n) is 3.24. The van der Waals surface area contributed by atoms with Crippen LogP contribution in [-0.2, 0) is 11.3 Å². The number of carbonyl (C=O) groups is 1. The Morgan fingerprint density at radius 2 is 1.63 bits per heavy atom. The Balaban J connectivity index is 2.08. The van der Waals surface area contributed by atoms with E-state index >= 15 is 0 Å². The van der Waals surface area contributed by atoms with Crippen molar-refractivity contribution in [2.75, 3.05) is 0 Å².